The highest BCUT2D eigenvalue weighted by Crippen LogP contribution is 2.22. The van der Waals surface area contributed by atoms with Gasteiger partial charge in [-0.05, 0) is 62.2 Å². The molecule has 0 saturated heterocycles. The highest BCUT2D eigenvalue weighted by Gasteiger charge is 2.16. The number of halogens is 1. The Balaban J connectivity index is 1.32. The van der Waals surface area contributed by atoms with Gasteiger partial charge in [0.15, 0.2) is 0 Å². The Morgan fingerprint density at radius 2 is 2.09 bits per heavy atom. The molecule has 0 unspecified atom stereocenters. The van der Waals surface area contributed by atoms with Crippen LogP contribution in [0.2, 0.25) is 0 Å². The Morgan fingerprint density at radius 1 is 1.29 bits per heavy atom. The lowest BCUT2D eigenvalue weighted by atomic mass is 10.1. The van der Waals surface area contributed by atoms with E-state index in [1.807, 2.05) is 12.3 Å². The average molecular weight is 491 g/mol. The van der Waals surface area contributed by atoms with Crippen LogP contribution in [0.25, 0.3) is 5.69 Å². The van der Waals surface area contributed by atoms with Crippen molar-refractivity contribution in [2.75, 3.05) is 12.3 Å². The molecular weight excluding hydrogens is 467 g/mol. The van der Waals surface area contributed by atoms with Crippen LogP contribution in [0.15, 0.2) is 53.9 Å². The van der Waals surface area contributed by atoms with Crippen molar-refractivity contribution in [2.24, 2.45) is 0 Å². The van der Waals surface area contributed by atoms with Crippen molar-refractivity contribution >= 4 is 23.1 Å². The smallest absolute Gasteiger partial charge is 0.251 e. The van der Waals surface area contributed by atoms with Crippen LogP contribution in [0.3, 0.4) is 0 Å². The molecule has 8 nitrogen and oxygen atoms in total. The van der Waals surface area contributed by atoms with Crippen molar-refractivity contribution in [3.8, 4) is 17.5 Å². The van der Waals surface area contributed by atoms with Crippen LogP contribution in [-0.2, 0) is 13.0 Å². The molecule has 0 aliphatic carbocycles. The highest BCUT2D eigenvalue weighted by molar-refractivity contribution is 7.09. The highest BCUT2D eigenvalue weighted by atomic mass is 32.1. The normalized spacial score (nSPS) is 10.7. The van der Waals surface area contributed by atoms with E-state index in [1.165, 1.54) is 16.8 Å². The number of rotatable bonds is 9. The van der Waals surface area contributed by atoms with E-state index in [-0.39, 0.29) is 23.1 Å². The molecule has 4 aromatic rings. The molecule has 0 spiro atoms. The first-order valence-corrected chi connectivity index (χ1v) is 11.8. The van der Waals surface area contributed by atoms with E-state index in [9.17, 15) is 14.4 Å². The fourth-order valence-electron chi connectivity index (χ4n) is 3.47. The standard InChI is InChI=1S/C25H23FN6O2S/c1-16-30-19(15-35-16)14-34-21-5-2-4-17(12-21)25(33)29-11-3-6-23-22(13-27)24(28)32(31-23)20-9-7-18(26)8-10-20/h2,4-5,7-10,12,15H,3,6,11,14,28H2,1H3,(H,29,33). The van der Waals surface area contributed by atoms with Gasteiger partial charge in [0.1, 0.15) is 35.6 Å². The van der Waals surface area contributed by atoms with Crippen molar-refractivity contribution < 1.29 is 13.9 Å². The molecule has 0 radical (unpaired) electrons. The lowest BCUT2D eigenvalue weighted by Crippen LogP contribution is -2.24. The molecule has 3 N–H and O–H groups in total. The van der Waals surface area contributed by atoms with Gasteiger partial charge in [0.05, 0.1) is 22.1 Å². The number of ether oxygens (including phenoxy) is 1. The minimum absolute atomic E-state index is 0.197. The molecule has 2 aromatic heterocycles. The van der Waals surface area contributed by atoms with Gasteiger partial charge in [0, 0.05) is 17.5 Å². The number of aromatic nitrogens is 3. The second-order valence-electron chi connectivity index (χ2n) is 7.74. The van der Waals surface area contributed by atoms with Crippen LogP contribution in [0.5, 0.6) is 5.75 Å². The fourth-order valence-corrected chi connectivity index (χ4v) is 4.07. The Hall–Kier alpha value is -4.23. The van der Waals surface area contributed by atoms with Gasteiger partial charge in [-0.3, -0.25) is 4.79 Å². The van der Waals surface area contributed by atoms with Crippen LogP contribution in [0.4, 0.5) is 10.2 Å². The molecule has 0 saturated carbocycles. The Kier molecular flexibility index (Phi) is 7.38. The number of amides is 1. The molecule has 0 aliphatic heterocycles. The second kappa shape index (κ2) is 10.8. The lowest BCUT2D eigenvalue weighted by Gasteiger charge is -2.08. The summed E-state index contributed by atoms with van der Waals surface area (Å²) < 4.78 is 20.4. The molecule has 0 aliphatic rings. The number of aryl methyl sites for hydroxylation is 2. The summed E-state index contributed by atoms with van der Waals surface area (Å²) >= 11 is 1.56. The first kappa shape index (κ1) is 23.9. The van der Waals surface area contributed by atoms with Crippen LogP contribution < -0.4 is 15.8 Å². The molecule has 4 rings (SSSR count). The van der Waals surface area contributed by atoms with Gasteiger partial charge < -0.3 is 15.8 Å². The zero-order valence-electron chi connectivity index (χ0n) is 19.0. The van der Waals surface area contributed by atoms with Crippen molar-refractivity contribution in [1.82, 2.24) is 20.1 Å². The van der Waals surface area contributed by atoms with Crippen LogP contribution in [-0.4, -0.2) is 27.2 Å². The number of carbonyl (C=O) groups excluding carboxylic acids is 1. The molecule has 2 aromatic carbocycles. The summed E-state index contributed by atoms with van der Waals surface area (Å²) in [5.74, 6) is 0.186. The number of hydrogen-bond acceptors (Lipinski definition) is 7. The molecule has 10 heteroatoms. The minimum Gasteiger partial charge on any atom is -0.487 e. The zero-order valence-corrected chi connectivity index (χ0v) is 19.8. The summed E-state index contributed by atoms with van der Waals surface area (Å²) in [5.41, 5.74) is 8.79. The molecular formula is C25H23FN6O2S. The lowest BCUT2D eigenvalue weighted by molar-refractivity contribution is 0.0952. The van der Waals surface area contributed by atoms with Crippen molar-refractivity contribution in [3.63, 3.8) is 0 Å². The van der Waals surface area contributed by atoms with E-state index < -0.39 is 0 Å². The van der Waals surface area contributed by atoms with Gasteiger partial charge in [0.25, 0.3) is 5.91 Å². The number of nitrogens with zero attached hydrogens (tertiary/aromatic N) is 4. The van der Waals surface area contributed by atoms with E-state index in [0.717, 1.165) is 10.7 Å². The summed E-state index contributed by atoms with van der Waals surface area (Å²) in [6.07, 6.45) is 0.997. The maximum absolute atomic E-state index is 13.2. The van der Waals surface area contributed by atoms with Crippen molar-refractivity contribution in [3.05, 3.63) is 87.3 Å². The predicted octanol–water partition coefficient (Wildman–Crippen LogP) is 4.17. The van der Waals surface area contributed by atoms with Crippen LogP contribution in [0.1, 0.15) is 38.7 Å². The SMILES string of the molecule is Cc1nc(COc2cccc(C(=O)NCCCc3nn(-c4ccc(F)cc4)c(N)c3C#N)c2)cs1. The van der Waals surface area contributed by atoms with Crippen molar-refractivity contribution in [2.45, 2.75) is 26.4 Å². The summed E-state index contributed by atoms with van der Waals surface area (Å²) in [4.78, 5) is 16.9. The molecule has 2 heterocycles. The van der Waals surface area contributed by atoms with Crippen LogP contribution >= 0.6 is 11.3 Å². The average Bonchev–Trinajstić information content (AvgIpc) is 3.43. The summed E-state index contributed by atoms with van der Waals surface area (Å²) in [6, 6.07) is 14.7. The summed E-state index contributed by atoms with van der Waals surface area (Å²) in [7, 11) is 0. The molecule has 0 bridgehead atoms. The Labute approximate surface area is 205 Å². The maximum atomic E-state index is 13.2. The topological polar surface area (TPSA) is 119 Å². The largest absolute Gasteiger partial charge is 0.487 e. The Bertz CT molecular complexity index is 1370. The van der Waals surface area contributed by atoms with E-state index in [0.29, 0.717) is 48.7 Å². The van der Waals surface area contributed by atoms with Gasteiger partial charge in [-0.15, -0.1) is 11.3 Å². The van der Waals surface area contributed by atoms with Crippen LogP contribution in [0, 0.1) is 24.1 Å². The number of carbonyl (C=O) groups is 1. The Morgan fingerprint density at radius 3 is 2.80 bits per heavy atom. The zero-order chi connectivity index (χ0) is 24.8. The monoisotopic (exact) mass is 490 g/mol. The van der Waals surface area contributed by atoms with Gasteiger partial charge in [-0.25, -0.2) is 14.1 Å². The van der Waals surface area contributed by atoms with Gasteiger partial charge >= 0.3 is 0 Å². The molecule has 1 amide bonds. The first-order chi connectivity index (χ1) is 16.9. The molecule has 0 atom stereocenters. The quantitative estimate of drug-likeness (QED) is 0.340. The minimum atomic E-state index is -0.373. The third kappa shape index (κ3) is 5.83. The maximum Gasteiger partial charge on any atom is 0.251 e. The van der Waals surface area contributed by atoms with Gasteiger partial charge in [-0.1, -0.05) is 6.07 Å². The van der Waals surface area contributed by atoms with E-state index in [1.54, 1.807) is 47.7 Å². The van der Waals surface area contributed by atoms with Gasteiger partial charge in [0.2, 0.25) is 0 Å². The van der Waals surface area contributed by atoms with E-state index >= 15 is 0 Å². The number of nitrogens with two attached hydrogens (primary N) is 1. The number of nitriles is 1. The number of anilines is 1. The summed E-state index contributed by atoms with van der Waals surface area (Å²) in [6.45, 7) is 2.66. The first-order valence-electron chi connectivity index (χ1n) is 10.9. The number of nitrogen functional groups attached to an aromatic ring is 1. The summed E-state index contributed by atoms with van der Waals surface area (Å²) in [5, 5.41) is 19.7. The molecule has 35 heavy (non-hydrogen) atoms. The predicted molar refractivity (Wildman–Crippen MR) is 131 cm³/mol. The number of nitrogens with one attached hydrogen (secondary N) is 1. The number of benzene rings is 2. The fraction of sp³-hybridized carbons (Fsp3) is 0.200. The van der Waals surface area contributed by atoms with Crippen molar-refractivity contribution in [1.29, 1.82) is 5.26 Å². The van der Waals surface area contributed by atoms with E-state index in [2.05, 4.69) is 21.5 Å². The van der Waals surface area contributed by atoms with E-state index in [4.69, 9.17) is 10.5 Å². The molecule has 178 valence electrons. The second-order valence-corrected chi connectivity index (χ2v) is 8.80. The van der Waals surface area contributed by atoms with Gasteiger partial charge in [-0.2, -0.15) is 10.4 Å². The third-order valence-electron chi connectivity index (χ3n) is 5.20. The number of thiazole rings is 1. The third-order valence-corrected chi connectivity index (χ3v) is 6.02. The molecule has 0 fully saturated rings. The number of hydrogen-bond donors (Lipinski definition) is 2.